The molecule has 1 fully saturated rings. The Kier molecular flexibility index (Phi) is 4.43. The zero-order valence-electron chi connectivity index (χ0n) is 11.4. The van der Waals surface area contributed by atoms with Gasteiger partial charge in [0.1, 0.15) is 5.75 Å². The Bertz CT molecular complexity index is 445. The van der Waals surface area contributed by atoms with Gasteiger partial charge in [-0.1, -0.05) is 18.2 Å². The average Bonchev–Trinajstić information content (AvgIpc) is 3.18. The van der Waals surface area contributed by atoms with Gasteiger partial charge < -0.3 is 15.2 Å². The van der Waals surface area contributed by atoms with Crippen molar-refractivity contribution in [3.8, 4) is 5.75 Å². The molecular weight excluding hydrogens is 242 g/mol. The summed E-state index contributed by atoms with van der Waals surface area (Å²) in [5.74, 6) is 1.25. The van der Waals surface area contributed by atoms with Crippen LogP contribution in [-0.2, 0) is 4.79 Å². The zero-order chi connectivity index (χ0) is 13.8. The van der Waals surface area contributed by atoms with Gasteiger partial charge >= 0.3 is 0 Å². The Morgan fingerprint density at radius 1 is 1.53 bits per heavy atom. The number of rotatable bonds is 6. The van der Waals surface area contributed by atoms with Gasteiger partial charge in [0.25, 0.3) is 0 Å². The van der Waals surface area contributed by atoms with E-state index in [4.69, 9.17) is 9.84 Å². The third-order valence-corrected chi connectivity index (χ3v) is 3.53. The molecule has 1 aromatic rings. The molecule has 3 atom stereocenters. The number of amides is 1. The van der Waals surface area contributed by atoms with Gasteiger partial charge in [0.2, 0.25) is 5.91 Å². The summed E-state index contributed by atoms with van der Waals surface area (Å²) < 4.78 is 5.32. The van der Waals surface area contributed by atoms with Crippen LogP contribution >= 0.6 is 0 Å². The highest BCUT2D eigenvalue weighted by Crippen LogP contribution is 2.50. The molecule has 1 aromatic carbocycles. The Morgan fingerprint density at radius 3 is 2.95 bits per heavy atom. The molecule has 4 nitrogen and oxygen atoms in total. The van der Waals surface area contributed by atoms with Gasteiger partial charge in [-0.3, -0.25) is 4.79 Å². The minimum absolute atomic E-state index is 0.0466. The fraction of sp³-hybridized carbons (Fsp3) is 0.533. The van der Waals surface area contributed by atoms with Crippen LogP contribution < -0.4 is 10.1 Å². The molecule has 1 aliphatic rings. The molecule has 0 bridgehead atoms. The van der Waals surface area contributed by atoms with Crippen LogP contribution in [0.15, 0.2) is 24.3 Å². The van der Waals surface area contributed by atoms with Crippen molar-refractivity contribution < 1.29 is 14.6 Å². The minimum atomic E-state index is -0.371. The molecule has 2 N–H and O–H groups in total. The van der Waals surface area contributed by atoms with Gasteiger partial charge in [-0.2, -0.15) is 0 Å². The monoisotopic (exact) mass is 263 g/mol. The van der Waals surface area contributed by atoms with Crippen molar-refractivity contribution in [2.24, 2.45) is 5.92 Å². The summed E-state index contributed by atoms with van der Waals surface area (Å²) in [5.41, 5.74) is 1.11. The summed E-state index contributed by atoms with van der Waals surface area (Å²) in [4.78, 5) is 11.9. The van der Waals surface area contributed by atoms with Crippen molar-refractivity contribution in [1.82, 2.24) is 5.32 Å². The molecule has 2 rings (SSSR count). The molecule has 3 unspecified atom stereocenters. The van der Waals surface area contributed by atoms with E-state index in [9.17, 15) is 4.79 Å². The zero-order valence-corrected chi connectivity index (χ0v) is 11.4. The number of carbonyl (C=O) groups excluding carboxylic acids is 1. The molecule has 1 amide bonds. The van der Waals surface area contributed by atoms with Crippen LogP contribution in [0.5, 0.6) is 5.75 Å². The van der Waals surface area contributed by atoms with E-state index in [-0.39, 0.29) is 23.8 Å². The molecule has 0 saturated heterocycles. The van der Waals surface area contributed by atoms with Gasteiger partial charge in [-0.25, -0.2) is 0 Å². The van der Waals surface area contributed by atoms with Crippen molar-refractivity contribution in [3.05, 3.63) is 29.8 Å². The lowest BCUT2D eigenvalue weighted by Crippen LogP contribution is -2.28. The number of nitrogens with one attached hydrogen (secondary N) is 1. The molecule has 4 heteroatoms. The highest BCUT2D eigenvalue weighted by Gasteiger charge is 2.44. The molecule has 104 valence electrons. The summed E-state index contributed by atoms with van der Waals surface area (Å²) in [5, 5.41) is 12.0. The maximum atomic E-state index is 11.9. The van der Waals surface area contributed by atoms with Crippen LogP contribution in [0.1, 0.15) is 31.2 Å². The van der Waals surface area contributed by atoms with E-state index >= 15 is 0 Å². The molecular formula is C15H21NO3. The highest BCUT2D eigenvalue weighted by atomic mass is 16.5. The van der Waals surface area contributed by atoms with Crippen molar-refractivity contribution in [2.45, 2.75) is 31.8 Å². The molecule has 19 heavy (non-hydrogen) atoms. The third-order valence-electron chi connectivity index (χ3n) is 3.53. The van der Waals surface area contributed by atoms with Crippen LogP contribution in [0.4, 0.5) is 0 Å². The van der Waals surface area contributed by atoms with E-state index in [2.05, 4.69) is 5.32 Å². The molecule has 1 saturated carbocycles. The lowest BCUT2D eigenvalue weighted by Gasteiger charge is -2.08. The standard InChI is InChI=1S/C15H21NO3/c1-10(17)7-8-16-15(18)13-9-12(13)11-5-3-4-6-14(11)19-2/h3-6,10,12-13,17H,7-9H2,1-2H3,(H,16,18). The fourth-order valence-electron chi connectivity index (χ4n) is 2.34. The van der Waals surface area contributed by atoms with Gasteiger partial charge in [0.15, 0.2) is 0 Å². The smallest absolute Gasteiger partial charge is 0.223 e. The van der Waals surface area contributed by atoms with Crippen LogP contribution in [0.2, 0.25) is 0 Å². The third kappa shape index (κ3) is 3.47. The van der Waals surface area contributed by atoms with Gasteiger partial charge in [0.05, 0.1) is 13.2 Å². The molecule has 0 aromatic heterocycles. The Balaban J connectivity index is 1.88. The summed E-state index contributed by atoms with van der Waals surface area (Å²) in [6, 6.07) is 7.85. The quantitative estimate of drug-likeness (QED) is 0.821. The maximum Gasteiger partial charge on any atom is 0.223 e. The summed E-state index contributed by atoms with van der Waals surface area (Å²) in [6.45, 7) is 2.26. The number of para-hydroxylation sites is 1. The lowest BCUT2D eigenvalue weighted by atomic mass is 10.1. The number of carbonyl (C=O) groups is 1. The first-order valence-electron chi connectivity index (χ1n) is 6.72. The average molecular weight is 263 g/mol. The van der Waals surface area contributed by atoms with Crippen molar-refractivity contribution in [2.75, 3.05) is 13.7 Å². The Morgan fingerprint density at radius 2 is 2.26 bits per heavy atom. The van der Waals surface area contributed by atoms with Crippen molar-refractivity contribution in [1.29, 1.82) is 0 Å². The SMILES string of the molecule is COc1ccccc1C1CC1C(=O)NCCC(C)O. The summed E-state index contributed by atoms with van der Waals surface area (Å²) in [6.07, 6.45) is 1.10. The van der Waals surface area contributed by atoms with Gasteiger partial charge in [0, 0.05) is 12.5 Å². The number of aliphatic hydroxyl groups excluding tert-OH is 1. The molecule has 0 spiro atoms. The number of methoxy groups -OCH3 is 1. The molecule has 1 aliphatic carbocycles. The van der Waals surface area contributed by atoms with E-state index in [0.29, 0.717) is 13.0 Å². The van der Waals surface area contributed by atoms with Crippen LogP contribution in [-0.4, -0.2) is 30.8 Å². The van der Waals surface area contributed by atoms with Gasteiger partial charge in [-0.15, -0.1) is 0 Å². The second-order valence-corrected chi connectivity index (χ2v) is 5.12. The second-order valence-electron chi connectivity index (χ2n) is 5.12. The largest absolute Gasteiger partial charge is 0.496 e. The first kappa shape index (κ1) is 13.9. The number of ether oxygens (including phenoxy) is 1. The van der Waals surface area contributed by atoms with Crippen molar-refractivity contribution in [3.63, 3.8) is 0 Å². The maximum absolute atomic E-state index is 11.9. The van der Waals surface area contributed by atoms with Crippen LogP contribution in [0.25, 0.3) is 0 Å². The predicted molar refractivity (Wildman–Crippen MR) is 73.1 cm³/mol. The van der Waals surface area contributed by atoms with Gasteiger partial charge in [-0.05, 0) is 37.3 Å². The summed E-state index contributed by atoms with van der Waals surface area (Å²) >= 11 is 0. The van der Waals surface area contributed by atoms with Crippen molar-refractivity contribution >= 4 is 5.91 Å². The van der Waals surface area contributed by atoms with E-state index < -0.39 is 0 Å². The van der Waals surface area contributed by atoms with E-state index in [0.717, 1.165) is 17.7 Å². The van der Waals surface area contributed by atoms with E-state index in [1.807, 2.05) is 24.3 Å². The van der Waals surface area contributed by atoms with Crippen LogP contribution in [0.3, 0.4) is 0 Å². The number of aliphatic hydroxyl groups is 1. The summed E-state index contributed by atoms with van der Waals surface area (Å²) in [7, 11) is 1.65. The van der Waals surface area contributed by atoms with Crippen LogP contribution in [0, 0.1) is 5.92 Å². The lowest BCUT2D eigenvalue weighted by molar-refractivity contribution is -0.122. The fourth-order valence-corrected chi connectivity index (χ4v) is 2.34. The predicted octanol–water partition coefficient (Wildman–Crippen LogP) is 1.69. The first-order chi connectivity index (χ1) is 9.13. The molecule has 0 radical (unpaired) electrons. The minimum Gasteiger partial charge on any atom is -0.496 e. The first-order valence-corrected chi connectivity index (χ1v) is 6.72. The number of benzene rings is 1. The second kappa shape index (κ2) is 6.06. The normalized spacial score (nSPS) is 22.7. The number of hydrogen-bond acceptors (Lipinski definition) is 3. The highest BCUT2D eigenvalue weighted by molar-refractivity contribution is 5.83. The molecule has 0 aliphatic heterocycles. The van der Waals surface area contributed by atoms with E-state index in [1.165, 1.54) is 0 Å². The Labute approximate surface area is 113 Å². The topological polar surface area (TPSA) is 58.6 Å². The number of hydrogen-bond donors (Lipinski definition) is 2. The molecule has 0 heterocycles. The Hall–Kier alpha value is -1.55. The van der Waals surface area contributed by atoms with E-state index in [1.54, 1.807) is 14.0 Å².